The maximum Gasteiger partial charge on any atom is 0.223 e. The number of rotatable bonds is 4. The van der Waals surface area contributed by atoms with Crippen LogP contribution in [0.1, 0.15) is 12.8 Å². The minimum atomic E-state index is 0.0502. The van der Waals surface area contributed by atoms with Crippen LogP contribution in [-0.4, -0.2) is 74.1 Å². The van der Waals surface area contributed by atoms with E-state index >= 15 is 0 Å². The predicted octanol–water partition coefficient (Wildman–Crippen LogP) is 1.63. The number of benzene rings is 1. The SMILES string of the molecule is O=C(CCC(=O)N1CCN(c2cccc(Cl)c2)CC1)N1CCOCC1. The summed E-state index contributed by atoms with van der Waals surface area (Å²) >= 11 is 6.04. The normalized spacial score (nSPS) is 18.4. The average Bonchev–Trinajstić information content (AvgIpc) is 2.66. The molecule has 2 amide bonds. The van der Waals surface area contributed by atoms with Crippen molar-refractivity contribution >= 4 is 29.1 Å². The summed E-state index contributed by atoms with van der Waals surface area (Å²) < 4.78 is 5.24. The second-order valence-electron chi connectivity index (χ2n) is 6.34. The number of piperazine rings is 1. The van der Waals surface area contributed by atoms with Crippen molar-refractivity contribution in [1.29, 1.82) is 0 Å². The third-order valence-electron chi connectivity index (χ3n) is 4.72. The molecule has 0 aromatic heterocycles. The lowest BCUT2D eigenvalue weighted by atomic mass is 10.2. The molecule has 2 fully saturated rings. The molecule has 2 saturated heterocycles. The number of carbonyl (C=O) groups excluding carboxylic acids is 2. The van der Waals surface area contributed by atoms with E-state index in [2.05, 4.69) is 4.90 Å². The van der Waals surface area contributed by atoms with E-state index in [4.69, 9.17) is 16.3 Å². The summed E-state index contributed by atoms with van der Waals surface area (Å²) in [6, 6.07) is 7.77. The first-order valence-electron chi connectivity index (χ1n) is 8.77. The Labute approximate surface area is 153 Å². The van der Waals surface area contributed by atoms with E-state index in [9.17, 15) is 9.59 Å². The molecule has 0 bridgehead atoms. The van der Waals surface area contributed by atoms with E-state index in [1.54, 1.807) is 4.90 Å². The van der Waals surface area contributed by atoms with Crippen molar-refractivity contribution in [3.63, 3.8) is 0 Å². The monoisotopic (exact) mass is 365 g/mol. The highest BCUT2D eigenvalue weighted by Gasteiger charge is 2.23. The summed E-state index contributed by atoms with van der Waals surface area (Å²) in [4.78, 5) is 30.4. The van der Waals surface area contributed by atoms with E-state index in [0.29, 0.717) is 39.4 Å². The van der Waals surface area contributed by atoms with Crippen LogP contribution in [0.25, 0.3) is 0 Å². The number of hydrogen-bond acceptors (Lipinski definition) is 4. The molecule has 6 nitrogen and oxygen atoms in total. The molecule has 0 atom stereocenters. The number of hydrogen-bond donors (Lipinski definition) is 0. The molecule has 0 spiro atoms. The summed E-state index contributed by atoms with van der Waals surface area (Å²) in [6.45, 7) is 5.36. The lowest BCUT2D eigenvalue weighted by Crippen LogP contribution is -2.49. The Morgan fingerprint density at radius 3 is 2.12 bits per heavy atom. The first kappa shape index (κ1) is 18.0. The van der Waals surface area contributed by atoms with Crippen LogP contribution in [-0.2, 0) is 14.3 Å². The van der Waals surface area contributed by atoms with Gasteiger partial charge >= 0.3 is 0 Å². The Bertz CT molecular complexity index is 611. The minimum Gasteiger partial charge on any atom is -0.378 e. The van der Waals surface area contributed by atoms with Gasteiger partial charge in [-0.15, -0.1) is 0 Å². The smallest absolute Gasteiger partial charge is 0.223 e. The van der Waals surface area contributed by atoms with E-state index in [0.717, 1.165) is 23.8 Å². The van der Waals surface area contributed by atoms with Crippen LogP contribution in [0.2, 0.25) is 5.02 Å². The fraction of sp³-hybridized carbons (Fsp3) is 0.556. The van der Waals surface area contributed by atoms with Gasteiger partial charge in [0.15, 0.2) is 0 Å². The Hall–Kier alpha value is -1.79. The van der Waals surface area contributed by atoms with Crippen LogP contribution in [0.4, 0.5) is 5.69 Å². The first-order valence-corrected chi connectivity index (χ1v) is 9.15. The average molecular weight is 366 g/mol. The number of nitrogens with zero attached hydrogens (tertiary/aromatic N) is 3. The maximum absolute atomic E-state index is 12.4. The van der Waals surface area contributed by atoms with Crippen molar-refractivity contribution in [2.75, 3.05) is 57.4 Å². The van der Waals surface area contributed by atoms with Crippen LogP contribution in [0.5, 0.6) is 0 Å². The van der Waals surface area contributed by atoms with E-state index in [1.807, 2.05) is 29.2 Å². The summed E-state index contributed by atoms with van der Waals surface area (Å²) in [5.41, 5.74) is 1.09. The Kier molecular flexibility index (Phi) is 6.15. The third kappa shape index (κ3) is 4.86. The van der Waals surface area contributed by atoms with Crippen molar-refractivity contribution in [2.45, 2.75) is 12.8 Å². The molecule has 2 heterocycles. The van der Waals surface area contributed by atoms with Gasteiger partial charge in [-0.1, -0.05) is 17.7 Å². The number of halogens is 1. The molecule has 0 saturated carbocycles. The van der Waals surface area contributed by atoms with Crippen molar-refractivity contribution in [3.8, 4) is 0 Å². The van der Waals surface area contributed by atoms with Crippen LogP contribution >= 0.6 is 11.6 Å². The van der Waals surface area contributed by atoms with Crippen LogP contribution in [0.3, 0.4) is 0 Å². The molecule has 2 aliphatic heterocycles. The molecule has 2 aliphatic rings. The molecule has 1 aromatic carbocycles. The highest BCUT2D eigenvalue weighted by atomic mass is 35.5. The Balaban J connectivity index is 1.43. The maximum atomic E-state index is 12.4. The van der Waals surface area contributed by atoms with Gasteiger partial charge in [0.25, 0.3) is 0 Å². The molecule has 7 heteroatoms. The quantitative estimate of drug-likeness (QED) is 0.813. The third-order valence-corrected chi connectivity index (χ3v) is 4.96. The summed E-state index contributed by atoms with van der Waals surface area (Å²) in [5.74, 6) is 0.113. The second-order valence-corrected chi connectivity index (χ2v) is 6.78. The number of anilines is 1. The van der Waals surface area contributed by atoms with Crippen LogP contribution in [0.15, 0.2) is 24.3 Å². The highest BCUT2D eigenvalue weighted by molar-refractivity contribution is 6.30. The van der Waals surface area contributed by atoms with Crippen LogP contribution < -0.4 is 4.90 Å². The lowest BCUT2D eigenvalue weighted by Gasteiger charge is -2.36. The first-order chi connectivity index (χ1) is 12.1. The van der Waals surface area contributed by atoms with Gasteiger partial charge in [0.1, 0.15) is 0 Å². The number of morpholine rings is 1. The molecule has 0 unspecified atom stereocenters. The summed E-state index contributed by atoms with van der Waals surface area (Å²) in [7, 11) is 0. The molecule has 1 aromatic rings. The summed E-state index contributed by atoms with van der Waals surface area (Å²) in [5, 5.41) is 0.720. The summed E-state index contributed by atoms with van der Waals surface area (Å²) in [6.07, 6.45) is 0.570. The molecule has 136 valence electrons. The molecule has 0 aliphatic carbocycles. The molecule has 0 radical (unpaired) electrons. The second kappa shape index (κ2) is 8.54. The standard InChI is InChI=1S/C18H24ClN3O3/c19-15-2-1-3-16(14-15)20-6-8-21(9-7-20)17(23)4-5-18(24)22-10-12-25-13-11-22/h1-3,14H,4-13H2. The van der Waals surface area contributed by atoms with Gasteiger partial charge in [-0.2, -0.15) is 0 Å². The van der Waals surface area contributed by atoms with Crippen molar-refractivity contribution in [3.05, 3.63) is 29.3 Å². The zero-order chi connectivity index (χ0) is 17.6. The Morgan fingerprint density at radius 2 is 1.52 bits per heavy atom. The molecule has 25 heavy (non-hydrogen) atoms. The Morgan fingerprint density at radius 1 is 0.920 bits per heavy atom. The largest absolute Gasteiger partial charge is 0.378 e. The molecule has 0 N–H and O–H groups in total. The molecular formula is C18H24ClN3O3. The van der Waals surface area contributed by atoms with Crippen molar-refractivity contribution < 1.29 is 14.3 Å². The zero-order valence-electron chi connectivity index (χ0n) is 14.3. The van der Waals surface area contributed by atoms with Gasteiger partial charge < -0.3 is 19.4 Å². The van der Waals surface area contributed by atoms with Gasteiger partial charge in [0.05, 0.1) is 13.2 Å². The topological polar surface area (TPSA) is 53.1 Å². The van der Waals surface area contributed by atoms with Crippen LogP contribution in [0, 0.1) is 0 Å². The molecule has 3 rings (SSSR count). The van der Waals surface area contributed by atoms with Gasteiger partial charge in [-0.05, 0) is 18.2 Å². The number of amides is 2. The predicted molar refractivity (Wildman–Crippen MR) is 96.9 cm³/mol. The van der Waals surface area contributed by atoms with Gasteiger partial charge in [0, 0.05) is 62.8 Å². The fourth-order valence-corrected chi connectivity index (χ4v) is 3.41. The zero-order valence-corrected chi connectivity index (χ0v) is 15.1. The van der Waals surface area contributed by atoms with E-state index in [-0.39, 0.29) is 24.7 Å². The van der Waals surface area contributed by atoms with Gasteiger partial charge in [-0.25, -0.2) is 0 Å². The number of ether oxygens (including phenoxy) is 1. The molecular weight excluding hydrogens is 342 g/mol. The van der Waals surface area contributed by atoms with Gasteiger partial charge in [-0.3, -0.25) is 9.59 Å². The highest BCUT2D eigenvalue weighted by Crippen LogP contribution is 2.21. The van der Waals surface area contributed by atoms with Gasteiger partial charge in [0.2, 0.25) is 11.8 Å². The van der Waals surface area contributed by atoms with Crippen molar-refractivity contribution in [2.24, 2.45) is 0 Å². The lowest BCUT2D eigenvalue weighted by molar-refractivity contribution is -0.139. The minimum absolute atomic E-state index is 0.0502. The number of carbonyl (C=O) groups is 2. The van der Waals surface area contributed by atoms with Crippen molar-refractivity contribution in [1.82, 2.24) is 9.80 Å². The fourth-order valence-electron chi connectivity index (χ4n) is 3.23. The van der Waals surface area contributed by atoms with E-state index in [1.165, 1.54) is 0 Å². The van der Waals surface area contributed by atoms with E-state index < -0.39 is 0 Å².